The molecule has 14 heteroatoms. The van der Waals surface area contributed by atoms with Crippen LogP contribution in [-0.2, 0) is 32.7 Å². The third-order valence-electron chi connectivity index (χ3n) is 10.5. The number of carbonyl (C=O) groups is 2. The number of aliphatic hydroxyl groups is 5. The van der Waals surface area contributed by atoms with Gasteiger partial charge in [-0.15, -0.1) is 0 Å². The van der Waals surface area contributed by atoms with Crippen LogP contribution in [0.4, 0.5) is 0 Å². The number of esters is 2. The maximum Gasteiger partial charge on any atom is 0.472 e. The van der Waals surface area contributed by atoms with Crippen molar-refractivity contribution in [1.29, 1.82) is 0 Å². The molecule has 1 saturated carbocycles. The van der Waals surface area contributed by atoms with Gasteiger partial charge in [0.25, 0.3) is 0 Å². The fourth-order valence-electron chi connectivity index (χ4n) is 6.72. The SMILES string of the molecule is CCCCC/C=C\C/C=C\CCCCCCCCCC(=O)OC(COC(=O)CCCCCCC/C=C\CCCCCC)COP(=O)(O)OC1C(O)C(O)C(O)C(O)C1O. The van der Waals surface area contributed by atoms with Crippen molar-refractivity contribution < 1.29 is 63.1 Å². The third-order valence-corrected chi connectivity index (χ3v) is 11.4. The Bertz CT molecular complexity index is 1180. The van der Waals surface area contributed by atoms with Crippen LogP contribution in [0.25, 0.3) is 0 Å². The van der Waals surface area contributed by atoms with Crippen molar-refractivity contribution in [2.75, 3.05) is 13.2 Å². The van der Waals surface area contributed by atoms with Gasteiger partial charge in [0, 0.05) is 12.8 Å². The van der Waals surface area contributed by atoms with E-state index in [0.717, 1.165) is 96.3 Å². The van der Waals surface area contributed by atoms with Crippen LogP contribution in [0, 0.1) is 0 Å². The van der Waals surface area contributed by atoms with E-state index >= 15 is 0 Å². The molecule has 0 aromatic heterocycles. The number of aliphatic hydroxyl groups excluding tert-OH is 5. The average Bonchev–Trinajstić information content (AvgIpc) is 3.21. The van der Waals surface area contributed by atoms with Gasteiger partial charge in [0.1, 0.15) is 43.2 Å². The molecule has 0 spiro atoms. The van der Waals surface area contributed by atoms with Crippen molar-refractivity contribution in [2.45, 2.75) is 224 Å². The van der Waals surface area contributed by atoms with Crippen molar-refractivity contribution >= 4 is 19.8 Å². The Morgan fingerprint density at radius 1 is 0.525 bits per heavy atom. The van der Waals surface area contributed by atoms with Gasteiger partial charge in [0.05, 0.1) is 6.61 Å². The van der Waals surface area contributed by atoms with Crippen LogP contribution in [0.3, 0.4) is 0 Å². The van der Waals surface area contributed by atoms with E-state index < -0.39 is 75.7 Å². The van der Waals surface area contributed by atoms with Gasteiger partial charge >= 0.3 is 19.8 Å². The van der Waals surface area contributed by atoms with Gasteiger partial charge in [-0.05, 0) is 70.6 Å². The molecule has 1 fully saturated rings. The second kappa shape index (κ2) is 35.6. The summed E-state index contributed by atoms with van der Waals surface area (Å²) in [7, 11) is -5.12. The van der Waals surface area contributed by atoms with Gasteiger partial charge in [-0.2, -0.15) is 0 Å². The van der Waals surface area contributed by atoms with E-state index in [1.54, 1.807) is 0 Å². The van der Waals surface area contributed by atoms with E-state index in [0.29, 0.717) is 12.8 Å². The molecule has 0 aliphatic heterocycles. The second-order valence-electron chi connectivity index (χ2n) is 15.9. The van der Waals surface area contributed by atoms with Crippen LogP contribution >= 0.6 is 7.82 Å². The molecular formula is C45H81O13P. The standard InChI is InChI=1S/C45H81O13P/c1-3-5-7-9-11-13-15-17-18-19-20-22-24-26-28-30-32-34-39(47)57-37(36-56-59(53,54)58-45-43(51)41(49)40(48)42(50)44(45)52)35-55-38(46)33-31-29-27-25-23-21-16-14-12-10-8-6-4-2/h11,13-14,16-18,37,40-45,48-52H,3-10,12,15,19-36H2,1-2H3,(H,53,54)/b13-11-,16-14-,18-17-. The molecule has 59 heavy (non-hydrogen) atoms. The lowest BCUT2D eigenvalue weighted by Crippen LogP contribution is -2.64. The number of phosphoric ester groups is 1. The molecule has 6 N–H and O–H groups in total. The summed E-state index contributed by atoms with van der Waals surface area (Å²) >= 11 is 0. The van der Waals surface area contributed by atoms with Crippen LogP contribution in [-0.4, -0.2) is 98.3 Å². The molecule has 0 bridgehead atoms. The number of hydrogen-bond acceptors (Lipinski definition) is 12. The first-order chi connectivity index (χ1) is 28.4. The van der Waals surface area contributed by atoms with Crippen molar-refractivity contribution in [3.8, 4) is 0 Å². The summed E-state index contributed by atoms with van der Waals surface area (Å²) < 4.78 is 33.5. The molecule has 0 radical (unpaired) electrons. The first-order valence-corrected chi connectivity index (χ1v) is 24.3. The third kappa shape index (κ3) is 28.3. The summed E-state index contributed by atoms with van der Waals surface area (Å²) in [5, 5.41) is 50.1. The molecule has 1 rings (SSSR count). The molecule has 0 aromatic rings. The summed E-state index contributed by atoms with van der Waals surface area (Å²) in [6.07, 6.45) is 26.2. The van der Waals surface area contributed by atoms with Gasteiger partial charge in [-0.25, -0.2) is 4.57 Å². The Kier molecular flexibility index (Phi) is 33.3. The van der Waals surface area contributed by atoms with Crippen LogP contribution in [0.15, 0.2) is 36.5 Å². The molecule has 0 aromatic carbocycles. The minimum atomic E-state index is -5.12. The Labute approximate surface area is 355 Å². The summed E-state index contributed by atoms with van der Waals surface area (Å²) in [6, 6.07) is 0. The molecule has 0 amide bonds. The fourth-order valence-corrected chi connectivity index (χ4v) is 7.70. The topological polar surface area (TPSA) is 210 Å². The van der Waals surface area contributed by atoms with Gasteiger partial charge in [-0.1, -0.05) is 134 Å². The normalized spacial score (nSPS) is 22.6. The summed E-state index contributed by atoms with van der Waals surface area (Å²) in [6.45, 7) is 3.24. The molecule has 0 heterocycles. The van der Waals surface area contributed by atoms with Crippen LogP contribution < -0.4 is 0 Å². The minimum absolute atomic E-state index is 0.0862. The quantitative estimate of drug-likeness (QED) is 0.0150. The highest BCUT2D eigenvalue weighted by Gasteiger charge is 2.51. The molecule has 344 valence electrons. The first-order valence-electron chi connectivity index (χ1n) is 22.8. The molecule has 0 saturated heterocycles. The largest absolute Gasteiger partial charge is 0.472 e. The smallest absolute Gasteiger partial charge is 0.462 e. The predicted molar refractivity (Wildman–Crippen MR) is 230 cm³/mol. The minimum Gasteiger partial charge on any atom is -0.462 e. The lowest BCUT2D eigenvalue weighted by molar-refractivity contribution is -0.220. The Balaban J connectivity index is 2.48. The fraction of sp³-hybridized carbons (Fsp3) is 0.822. The maximum absolute atomic E-state index is 12.8. The second-order valence-corrected chi connectivity index (χ2v) is 17.3. The highest BCUT2D eigenvalue weighted by Crippen LogP contribution is 2.47. The number of carbonyl (C=O) groups excluding carboxylic acids is 2. The Morgan fingerprint density at radius 2 is 0.915 bits per heavy atom. The lowest BCUT2D eigenvalue weighted by Gasteiger charge is -2.41. The summed E-state index contributed by atoms with van der Waals surface area (Å²) in [4.78, 5) is 35.7. The number of allylic oxidation sites excluding steroid dienone is 6. The zero-order valence-corrected chi connectivity index (χ0v) is 37.2. The lowest BCUT2D eigenvalue weighted by atomic mass is 9.85. The van der Waals surface area contributed by atoms with Gasteiger partial charge in [-0.3, -0.25) is 18.6 Å². The highest BCUT2D eigenvalue weighted by atomic mass is 31.2. The van der Waals surface area contributed by atoms with Crippen LogP contribution in [0.1, 0.15) is 181 Å². The number of unbranched alkanes of at least 4 members (excludes halogenated alkanes) is 19. The maximum atomic E-state index is 12.8. The van der Waals surface area contributed by atoms with Crippen molar-refractivity contribution in [1.82, 2.24) is 0 Å². The summed E-state index contributed by atoms with van der Waals surface area (Å²) in [5.41, 5.74) is 0. The van der Waals surface area contributed by atoms with Gasteiger partial charge in [0.15, 0.2) is 6.10 Å². The van der Waals surface area contributed by atoms with E-state index in [1.165, 1.54) is 44.9 Å². The zero-order valence-electron chi connectivity index (χ0n) is 36.3. The Hall–Kier alpha value is -1.93. The van der Waals surface area contributed by atoms with Crippen molar-refractivity contribution in [2.24, 2.45) is 0 Å². The predicted octanol–water partition coefficient (Wildman–Crippen LogP) is 8.61. The van der Waals surface area contributed by atoms with Crippen molar-refractivity contribution in [3.05, 3.63) is 36.5 Å². The molecule has 13 nitrogen and oxygen atoms in total. The highest BCUT2D eigenvalue weighted by molar-refractivity contribution is 7.47. The van der Waals surface area contributed by atoms with Crippen LogP contribution in [0.5, 0.6) is 0 Å². The average molecular weight is 861 g/mol. The molecule has 6 unspecified atom stereocenters. The van der Waals surface area contributed by atoms with Crippen molar-refractivity contribution in [3.63, 3.8) is 0 Å². The number of rotatable bonds is 37. The van der Waals surface area contributed by atoms with E-state index in [4.69, 9.17) is 18.5 Å². The number of ether oxygens (including phenoxy) is 2. The number of phosphoric acid groups is 1. The van der Waals surface area contributed by atoms with E-state index in [1.807, 2.05) is 0 Å². The van der Waals surface area contributed by atoms with E-state index in [9.17, 15) is 44.6 Å². The van der Waals surface area contributed by atoms with Gasteiger partial charge < -0.3 is 39.9 Å². The Morgan fingerprint density at radius 3 is 1.42 bits per heavy atom. The monoisotopic (exact) mass is 861 g/mol. The first kappa shape index (κ1) is 55.1. The zero-order chi connectivity index (χ0) is 43.6. The van der Waals surface area contributed by atoms with Crippen LogP contribution in [0.2, 0.25) is 0 Å². The molecule has 1 aliphatic carbocycles. The summed E-state index contributed by atoms with van der Waals surface area (Å²) in [5.74, 6) is -1.12. The van der Waals surface area contributed by atoms with Gasteiger partial charge in [0.2, 0.25) is 0 Å². The van der Waals surface area contributed by atoms with E-state index in [-0.39, 0.29) is 12.8 Å². The molecule has 1 aliphatic rings. The molecule has 6 atom stereocenters. The number of hydrogen-bond donors (Lipinski definition) is 6. The molecular weight excluding hydrogens is 779 g/mol. The van der Waals surface area contributed by atoms with E-state index in [2.05, 4.69) is 50.3 Å².